The van der Waals surface area contributed by atoms with Crippen molar-refractivity contribution in [1.82, 2.24) is 5.32 Å². The van der Waals surface area contributed by atoms with E-state index in [1.54, 1.807) is 6.26 Å². The van der Waals surface area contributed by atoms with Gasteiger partial charge in [-0.2, -0.15) is 0 Å². The van der Waals surface area contributed by atoms with Crippen molar-refractivity contribution in [3.8, 4) is 5.75 Å². The largest absolute Gasteiger partial charge is 0.486 e. The first-order valence-corrected chi connectivity index (χ1v) is 6.38. The normalized spacial score (nSPS) is 14.7. The van der Waals surface area contributed by atoms with Gasteiger partial charge in [-0.3, -0.25) is 0 Å². The van der Waals surface area contributed by atoms with E-state index in [-0.39, 0.29) is 0 Å². The highest BCUT2D eigenvalue weighted by Gasteiger charge is 2.20. The molecular weight excluding hydrogens is 226 g/mol. The number of hydrogen-bond acceptors (Lipinski definition) is 3. The van der Waals surface area contributed by atoms with E-state index in [4.69, 9.17) is 9.15 Å². The highest BCUT2D eigenvalue weighted by molar-refractivity contribution is 5.21. The van der Waals surface area contributed by atoms with Crippen LogP contribution in [0, 0.1) is 0 Å². The summed E-state index contributed by atoms with van der Waals surface area (Å²) in [5.41, 5.74) is 1.19. The first-order chi connectivity index (χ1) is 8.90. The molecule has 1 saturated carbocycles. The first kappa shape index (κ1) is 11.4. The SMILES string of the molecule is c1ccc(OCc2cc(CNC3CC3)co2)cc1. The molecule has 0 atom stereocenters. The molecule has 2 aromatic rings. The fraction of sp³-hybridized carbons (Fsp3) is 0.333. The fourth-order valence-electron chi connectivity index (χ4n) is 1.82. The predicted molar refractivity (Wildman–Crippen MR) is 69.3 cm³/mol. The molecule has 0 amide bonds. The van der Waals surface area contributed by atoms with Crippen LogP contribution in [0.25, 0.3) is 0 Å². The van der Waals surface area contributed by atoms with Crippen molar-refractivity contribution < 1.29 is 9.15 Å². The maximum atomic E-state index is 5.63. The van der Waals surface area contributed by atoms with Crippen LogP contribution in [0.3, 0.4) is 0 Å². The molecule has 0 saturated heterocycles. The average molecular weight is 243 g/mol. The van der Waals surface area contributed by atoms with Crippen molar-refractivity contribution in [3.05, 3.63) is 54.0 Å². The average Bonchev–Trinajstić information content (AvgIpc) is 3.14. The minimum atomic E-state index is 0.480. The number of hydrogen-bond donors (Lipinski definition) is 1. The molecule has 1 heterocycles. The van der Waals surface area contributed by atoms with Crippen LogP contribution in [-0.2, 0) is 13.2 Å². The molecule has 3 rings (SSSR count). The number of benzene rings is 1. The minimum absolute atomic E-state index is 0.480. The van der Waals surface area contributed by atoms with Crippen LogP contribution in [0.1, 0.15) is 24.2 Å². The number of rotatable bonds is 6. The summed E-state index contributed by atoms with van der Waals surface area (Å²) in [5.74, 6) is 1.73. The van der Waals surface area contributed by atoms with Crippen LogP contribution >= 0.6 is 0 Å². The molecule has 94 valence electrons. The van der Waals surface area contributed by atoms with Crippen molar-refractivity contribution in [3.63, 3.8) is 0 Å². The molecule has 1 aromatic heterocycles. The molecule has 1 fully saturated rings. The smallest absolute Gasteiger partial charge is 0.146 e. The Balaban J connectivity index is 1.50. The van der Waals surface area contributed by atoms with Gasteiger partial charge in [-0.1, -0.05) is 18.2 Å². The molecule has 0 radical (unpaired) electrons. The van der Waals surface area contributed by atoms with Gasteiger partial charge in [0.25, 0.3) is 0 Å². The van der Waals surface area contributed by atoms with E-state index in [9.17, 15) is 0 Å². The summed E-state index contributed by atoms with van der Waals surface area (Å²) in [6.07, 6.45) is 4.42. The van der Waals surface area contributed by atoms with Gasteiger partial charge in [-0.15, -0.1) is 0 Å². The van der Waals surface area contributed by atoms with E-state index in [2.05, 4.69) is 11.4 Å². The zero-order valence-electron chi connectivity index (χ0n) is 10.3. The highest BCUT2D eigenvalue weighted by Crippen LogP contribution is 2.20. The second kappa shape index (κ2) is 5.27. The summed E-state index contributed by atoms with van der Waals surface area (Å²) >= 11 is 0. The third kappa shape index (κ3) is 3.14. The number of para-hydroxylation sites is 1. The Morgan fingerprint density at radius 2 is 2.06 bits per heavy atom. The van der Waals surface area contributed by atoms with E-state index in [0.29, 0.717) is 6.61 Å². The van der Waals surface area contributed by atoms with Crippen molar-refractivity contribution in [1.29, 1.82) is 0 Å². The van der Waals surface area contributed by atoms with Gasteiger partial charge in [0.1, 0.15) is 18.1 Å². The summed E-state index contributed by atoms with van der Waals surface area (Å²) < 4.78 is 11.1. The summed E-state index contributed by atoms with van der Waals surface area (Å²) in [4.78, 5) is 0. The maximum absolute atomic E-state index is 5.63. The van der Waals surface area contributed by atoms with E-state index >= 15 is 0 Å². The maximum Gasteiger partial charge on any atom is 0.146 e. The van der Waals surface area contributed by atoms with Crippen LogP contribution in [-0.4, -0.2) is 6.04 Å². The molecule has 1 aliphatic carbocycles. The summed E-state index contributed by atoms with van der Waals surface area (Å²) in [7, 11) is 0. The zero-order valence-corrected chi connectivity index (χ0v) is 10.3. The lowest BCUT2D eigenvalue weighted by molar-refractivity contribution is 0.270. The van der Waals surface area contributed by atoms with E-state index in [1.807, 2.05) is 30.3 Å². The number of furan rings is 1. The van der Waals surface area contributed by atoms with Crippen LogP contribution in [0.5, 0.6) is 5.75 Å². The second-order valence-corrected chi connectivity index (χ2v) is 4.68. The minimum Gasteiger partial charge on any atom is -0.486 e. The lowest BCUT2D eigenvalue weighted by atomic mass is 10.3. The third-order valence-electron chi connectivity index (χ3n) is 3.00. The molecule has 0 unspecified atom stereocenters. The molecule has 1 aliphatic rings. The van der Waals surface area contributed by atoms with Crippen molar-refractivity contribution in [2.45, 2.75) is 32.0 Å². The Hall–Kier alpha value is -1.74. The van der Waals surface area contributed by atoms with Crippen molar-refractivity contribution in [2.75, 3.05) is 0 Å². The Labute approximate surface area is 107 Å². The van der Waals surface area contributed by atoms with Gasteiger partial charge in [0, 0.05) is 18.2 Å². The van der Waals surface area contributed by atoms with Gasteiger partial charge in [0.2, 0.25) is 0 Å². The standard InChI is InChI=1S/C15H17NO2/c1-2-4-14(5-3-1)18-11-15-8-12(10-17-15)9-16-13-6-7-13/h1-5,8,10,13,16H,6-7,9,11H2. The van der Waals surface area contributed by atoms with Gasteiger partial charge < -0.3 is 14.5 Å². The van der Waals surface area contributed by atoms with Gasteiger partial charge in [-0.25, -0.2) is 0 Å². The van der Waals surface area contributed by atoms with Gasteiger partial charge >= 0.3 is 0 Å². The lowest BCUT2D eigenvalue weighted by Crippen LogP contribution is -2.14. The Morgan fingerprint density at radius 3 is 2.83 bits per heavy atom. The molecule has 18 heavy (non-hydrogen) atoms. The quantitative estimate of drug-likeness (QED) is 0.846. The molecule has 3 heteroatoms. The first-order valence-electron chi connectivity index (χ1n) is 6.38. The van der Waals surface area contributed by atoms with E-state index < -0.39 is 0 Å². The van der Waals surface area contributed by atoms with Crippen LogP contribution in [0.15, 0.2) is 47.1 Å². The predicted octanol–water partition coefficient (Wildman–Crippen LogP) is 3.11. The van der Waals surface area contributed by atoms with Crippen molar-refractivity contribution >= 4 is 0 Å². The topological polar surface area (TPSA) is 34.4 Å². The zero-order chi connectivity index (χ0) is 12.2. The fourth-order valence-corrected chi connectivity index (χ4v) is 1.82. The van der Waals surface area contributed by atoms with Crippen molar-refractivity contribution in [2.24, 2.45) is 0 Å². The molecule has 1 aromatic carbocycles. The molecule has 0 spiro atoms. The lowest BCUT2D eigenvalue weighted by Gasteiger charge is -2.02. The number of nitrogens with one attached hydrogen (secondary N) is 1. The Kier molecular flexibility index (Phi) is 3.33. The summed E-state index contributed by atoms with van der Waals surface area (Å²) in [6, 6.07) is 12.6. The second-order valence-electron chi connectivity index (χ2n) is 4.68. The Morgan fingerprint density at radius 1 is 1.22 bits per heavy atom. The van der Waals surface area contributed by atoms with Crippen LogP contribution in [0.2, 0.25) is 0 Å². The molecule has 3 nitrogen and oxygen atoms in total. The van der Waals surface area contributed by atoms with E-state index in [1.165, 1.54) is 18.4 Å². The van der Waals surface area contributed by atoms with Crippen LogP contribution in [0.4, 0.5) is 0 Å². The Bertz CT molecular complexity index is 488. The summed E-state index contributed by atoms with van der Waals surface area (Å²) in [6.45, 7) is 1.37. The number of ether oxygens (including phenoxy) is 1. The van der Waals surface area contributed by atoms with Gasteiger partial charge in [-0.05, 0) is 31.0 Å². The van der Waals surface area contributed by atoms with Gasteiger partial charge in [0.05, 0.1) is 6.26 Å². The van der Waals surface area contributed by atoms with Crippen LogP contribution < -0.4 is 10.1 Å². The molecule has 0 bridgehead atoms. The molecular formula is C15H17NO2. The summed E-state index contributed by atoms with van der Waals surface area (Å²) in [5, 5.41) is 3.46. The molecule has 1 N–H and O–H groups in total. The van der Waals surface area contributed by atoms with Gasteiger partial charge in [0.15, 0.2) is 0 Å². The monoisotopic (exact) mass is 243 g/mol. The third-order valence-corrected chi connectivity index (χ3v) is 3.00. The van der Waals surface area contributed by atoms with E-state index in [0.717, 1.165) is 24.1 Å². The molecule has 0 aliphatic heterocycles. The highest BCUT2D eigenvalue weighted by atomic mass is 16.5.